The summed E-state index contributed by atoms with van der Waals surface area (Å²) in [5, 5.41) is 0.555. The number of aromatic nitrogens is 2. The van der Waals surface area contributed by atoms with E-state index < -0.39 is 21.6 Å². The third-order valence-corrected chi connectivity index (χ3v) is 8.07. The van der Waals surface area contributed by atoms with Crippen molar-refractivity contribution >= 4 is 26.4 Å². The maximum Gasteiger partial charge on any atom is 0.417 e. The Bertz CT molecular complexity index is 1540. The van der Waals surface area contributed by atoms with E-state index in [9.17, 15) is 26.4 Å². The van der Waals surface area contributed by atoms with Crippen molar-refractivity contribution < 1.29 is 26.4 Å². The van der Waals surface area contributed by atoms with Crippen LogP contribution in [0.15, 0.2) is 84.0 Å². The first-order chi connectivity index (χ1) is 17.1. The molecule has 5 rings (SSSR count). The maximum atomic E-state index is 13.4. The van der Waals surface area contributed by atoms with E-state index in [-0.39, 0.29) is 45.9 Å². The minimum Gasteiger partial charge on any atom is -0.299 e. The number of carbonyl (C=O) groups excluding carboxylic acids is 1. The molecule has 1 aliphatic carbocycles. The Labute approximate surface area is 205 Å². The molecule has 0 aliphatic heterocycles. The molecule has 184 valence electrons. The van der Waals surface area contributed by atoms with Gasteiger partial charge in [-0.1, -0.05) is 42.5 Å². The molecule has 1 aliphatic rings. The molecule has 4 aromatic rings. The number of alkyl halides is 3. The SMILES string of the molecule is O=C(Cc1ccc2cccc(C(F)(F)F)c2c1)[C@@H]1CC1c1ccc(S(=O)(=O)Cc2ncccn2)cc1. The number of benzene rings is 3. The number of carbonyl (C=O) groups is 1. The van der Waals surface area contributed by atoms with Crippen LogP contribution in [0, 0.1) is 5.92 Å². The topological polar surface area (TPSA) is 77.0 Å². The highest BCUT2D eigenvalue weighted by Crippen LogP contribution is 2.48. The first kappa shape index (κ1) is 24.1. The van der Waals surface area contributed by atoms with Crippen LogP contribution in [0.5, 0.6) is 0 Å². The molecule has 0 amide bonds. The molecular weight excluding hydrogens is 489 g/mol. The molecule has 36 heavy (non-hydrogen) atoms. The summed E-state index contributed by atoms with van der Waals surface area (Å²) in [4.78, 5) is 20.9. The van der Waals surface area contributed by atoms with E-state index in [2.05, 4.69) is 9.97 Å². The van der Waals surface area contributed by atoms with E-state index >= 15 is 0 Å². The van der Waals surface area contributed by atoms with Gasteiger partial charge in [0.05, 0.1) is 10.5 Å². The summed E-state index contributed by atoms with van der Waals surface area (Å²) in [5.41, 5.74) is 0.688. The number of halogens is 3. The van der Waals surface area contributed by atoms with Gasteiger partial charge in [0, 0.05) is 24.7 Å². The molecule has 0 bridgehead atoms. The van der Waals surface area contributed by atoms with Gasteiger partial charge in [-0.25, -0.2) is 18.4 Å². The molecular formula is C27H21F3N2O3S. The third kappa shape index (κ3) is 5.02. The first-order valence-corrected chi connectivity index (χ1v) is 13.0. The van der Waals surface area contributed by atoms with Crippen LogP contribution in [0.3, 0.4) is 0 Å². The fourth-order valence-electron chi connectivity index (χ4n) is 4.51. The number of fused-ring (bicyclic) bond motifs is 1. The van der Waals surface area contributed by atoms with Gasteiger partial charge in [-0.15, -0.1) is 0 Å². The van der Waals surface area contributed by atoms with Crippen LogP contribution in [0.25, 0.3) is 10.8 Å². The van der Waals surface area contributed by atoms with E-state index in [0.29, 0.717) is 17.4 Å². The summed E-state index contributed by atoms with van der Waals surface area (Å²) in [5.74, 6) is -0.400. The van der Waals surface area contributed by atoms with Gasteiger partial charge >= 0.3 is 6.18 Å². The quantitative estimate of drug-likeness (QED) is 0.326. The summed E-state index contributed by atoms with van der Waals surface area (Å²) in [6, 6.07) is 16.9. The second-order valence-corrected chi connectivity index (χ2v) is 10.9. The number of ketones is 1. The average Bonchev–Trinajstić information content (AvgIpc) is 3.65. The van der Waals surface area contributed by atoms with Crippen molar-refractivity contribution in [2.24, 2.45) is 5.92 Å². The third-order valence-electron chi connectivity index (χ3n) is 6.44. The smallest absolute Gasteiger partial charge is 0.299 e. The lowest BCUT2D eigenvalue weighted by molar-refractivity contribution is -0.136. The van der Waals surface area contributed by atoms with Crippen LogP contribution < -0.4 is 0 Å². The Balaban J connectivity index is 1.27. The highest BCUT2D eigenvalue weighted by molar-refractivity contribution is 7.90. The van der Waals surface area contributed by atoms with Crippen molar-refractivity contribution in [1.29, 1.82) is 0 Å². The fraction of sp³-hybridized carbons (Fsp3) is 0.222. The molecule has 1 unspecified atom stereocenters. The zero-order valence-corrected chi connectivity index (χ0v) is 19.8. The maximum absolute atomic E-state index is 13.4. The molecule has 1 aromatic heterocycles. The molecule has 5 nitrogen and oxygen atoms in total. The lowest BCUT2D eigenvalue weighted by Gasteiger charge is -2.11. The molecule has 1 heterocycles. The molecule has 0 N–H and O–H groups in total. The van der Waals surface area contributed by atoms with E-state index in [1.165, 1.54) is 36.7 Å². The Morgan fingerprint density at radius 3 is 2.36 bits per heavy atom. The predicted molar refractivity (Wildman–Crippen MR) is 128 cm³/mol. The summed E-state index contributed by atoms with van der Waals surface area (Å²) in [6.45, 7) is 0. The molecule has 0 saturated heterocycles. The van der Waals surface area contributed by atoms with Crippen molar-refractivity contribution in [2.75, 3.05) is 0 Å². The molecule has 0 radical (unpaired) electrons. The van der Waals surface area contributed by atoms with Gasteiger partial charge in [0.2, 0.25) is 0 Å². The minimum absolute atomic E-state index is 0.0297. The Morgan fingerprint density at radius 2 is 1.67 bits per heavy atom. The number of nitrogens with zero attached hydrogens (tertiary/aromatic N) is 2. The summed E-state index contributed by atoms with van der Waals surface area (Å²) >= 11 is 0. The summed E-state index contributed by atoms with van der Waals surface area (Å²) < 4.78 is 65.5. The van der Waals surface area contributed by atoms with Crippen molar-refractivity contribution in [1.82, 2.24) is 9.97 Å². The molecule has 3 aromatic carbocycles. The van der Waals surface area contributed by atoms with Crippen molar-refractivity contribution in [3.05, 3.63) is 102 Å². The van der Waals surface area contributed by atoms with Crippen LogP contribution in [0.4, 0.5) is 13.2 Å². The first-order valence-electron chi connectivity index (χ1n) is 11.3. The minimum atomic E-state index is -4.47. The van der Waals surface area contributed by atoms with Crippen molar-refractivity contribution in [3.63, 3.8) is 0 Å². The van der Waals surface area contributed by atoms with Crippen LogP contribution in [0.1, 0.15) is 34.9 Å². The van der Waals surface area contributed by atoms with E-state index in [1.807, 2.05) is 0 Å². The highest BCUT2D eigenvalue weighted by atomic mass is 32.2. The van der Waals surface area contributed by atoms with Crippen molar-refractivity contribution in [3.8, 4) is 0 Å². The zero-order valence-electron chi connectivity index (χ0n) is 18.9. The Morgan fingerprint density at radius 1 is 0.944 bits per heavy atom. The van der Waals surface area contributed by atoms with Gasteiger partial charge in [0.25, 0.3) is 0 Å². The van der Waals surface area contributed by atoms with Crippen LogP contribution in [0.2, 0.25) is 0 Å². The molecule has 9 heteroatoms. The predicted octanol–water partition coefficient (Wildman–Crippen LogP) is 5.54. The average molecular weight is 511 g/mol. The fourth-order valence-corrected chi connectivity index (χ4v) is 5.72. The van der Waals surface area contributed by atoms with Gasteiger partial charge < -0.3 is 0 Å². The van der Waals surface area contributed by atoms with Crippen LogP contribution in [-0.4, -0.2) is 24.2 Å². The van der Waals surface area contributed by atoms with E-state index in [4.69, 9.17) is 0 Å². The lowest BCUT2D eigenvalue weighted by Crippen LogP contribution is -2.09. The monoisotopic (exact) mass is 510 g/mol. The van der Waals surface area contributed by atoms with Gasteiger partial charge in [0.15, 0.2) is 9.84 Å². The highest BCUT2D eigenvalue weighted by Gasteiger charge is 2.43. The van der Waals surface area contributed by atoms with Crippen LogP contribution >= 0.6 is 0 Å². The molecule has 2 atom stereocenters. The number of sulfone groups is 1. The van der Waals surface area contributed by atoms with Gasteiger partial charge in [-0.3, -0.25) is 4.79 Å². The molecule has 0 spiro atoms. The van der Waals surface area contributed by atoms with Gasteiger partial charge in [-0.2, -0.15) is 13.2 Å². The van der Waals surface area contributed by atoms with E-state index in [1.54, 1.807) is 36.4 Å². The lowest BCUT2D eigenvalue weighted by atomic mass is 9.97. The van der Waals surface area contributed by atoms with Gasteiger partial charge in [0.1, 0.15) is 17.4 Å². The number of hydrogen-bond donors (Lipinski definition) is 0. The zero-order chi connectivity index (χ0) is 25.5. The van der Waals surface area contributed by atoms with Gasteiger partial charge in [-0.05, 0) is 58.5 Å². The number of rotatable bonds is 7. The second-order valence-electron chi connectivity index (χ2n) is 8.94. The number of Topliss-reactive ketones (excluding diaryl/α,β-unsaturated/α-hetero) is 1. The largest absolute Gasteiger partial charge is 0.417 e. The molecule has 1 fully saturated rings. The summed E-state index contributed by atoms with van der Waals surface area (Å²) in [6.07, 6.45) is -0.828. The van der Waals surface area contributed by atoms with Crippen molar-refractivity contribution in [2.45, 2.75) is 35.6 Å². The Kier molecular flexibility index (Phi) is 6.12. The number of hydrogen-bond acceptors (Lipinski definition) is 5. The molecule has 1 saturated carbocycles. The standard InChI is InChI=1S/C27H21F3N2O3S/c28-27(29,30)24-4-1-3-18-6-5-17(13-22(18)24)14-25(33)23-15-21(23)19-7-9-20(10-8-19)36(34,35)16-26-31-11-2-12-32-26/h1-13,21,23H,14-16H2/t21?,23-/m1/s1. The second kappa shape index (κ2) is 9.13. The van der Waals surface area contributed by atoms with Crippen LogP contribution in [-0.2, 0) is 33.0 Å². The van der Waals surface area contributed by atoms with E-state index in [0.717, 1.165) is 11.6 Å². The Hall–Kier alpha value is -3.59. The summed E-state index contributed by atoms with van der Waals surface area (Å²) in [7, 11) is -3.61. The normalized spacial score (nSPS) is 17.8.